The van der Waals surface area contributed by atoms with Crippen LogP contribution in [0, 0.1) is 0 Å². The number of aromatic hydroxyl groups is 2. The first-order chi connectivity index (χ1) is 29.7. The summed E-state index contributed by atoms with van der Waals surface area (Å²) in [6, 6.07) is 62.8. The van der Waals surface area contributed by atoms with Crippen molar-refractivity contribution in [3.05, 3.63) is 194 Å². The van der Waals surface area contributed by atoms with Gasteiger partial charge in [-0.05, 0) is 122 Å². The van der Waals surface area contributed by atoms with Crippen molar-refractivity contribution < 1.29 is 35.7 Å². The second-order valence-corrected chi connectivity index (χ2v) is 16.5. The average molecular weight is 986 g/mol. The maximum Gasteiger partial charge on any atom is 0.136 e. The molecule has 2 N–H and O–H groups in total. The molecule has 6 heteroatoms. The van der Waals surface area contributed by atoms with Crippen LogP contribution >= 0.6 is 0 Å². The maximum atomic E-state index is 11.6. The van der Waals surface area contributed by atoms with E-state index in [1.807, 2.05) is 103 Å². The molecule has 0 atom stereocenters. The van der Waals surface area contributed by atoms with Gasteiger partial charge in [0.1, 0.15) is 22.7 Å². The van der Waals surface area contributed by atoms with E-state index in [4.69, 9.17) is 14.4 Å². The van der Waals surface area contributed by atoms with Crippen LogP contribution in [0.1, 0.15) is 26.3 Å². The van der Waals surface area contributed by atoms with Gasteiger partial charge in [-0.25, -0.2) is 9.97 Å². The Labute approximate surface area is 375 Å². The fourth-order valence-electron chi connectivity index (χ4n) is 8.26. The fraction of sp³-hybridized carbons (Fsp3) is 0.0714. The molecule has 62 heavy (non-hydrogen) atoms. The van der Waals surface area contributed by atoms with Gasteiger partial charge in [-0.1, -0.05) is 142 Å². The minimum Gasteiger partial charge on any atom is -0.507 e. The molecule has 7 aromatic carbocycles. The first-order valence-corrected chi connectivity index (χ1v) is 20.5. The first-order valence-electron chi connectivity index (χ1n) is 20.5. The summed E-state index contributed by atoms with van der Waals surface area (Å²) in [6.45, 7) is 6.74. The summed E-state index contributed by atoms with van der Waals surface area (Å²) in [5, 5.41) is 24.9. The van der Waals surface area contributed by atoms with Crippen LogP contribution in [0.25, 0.3) is 100 Å². The number of pyridine rings is 2. The summed E-state index contributed by atoms with van der Waals surface area (Å²) in [7, 11) is 0. The summed E-state index contributed by atoms with van der Waals surface area (Å²) >= 11 is 0. The second-order valence-electron chi connectivity index (χ2n) is 16.5. The molecule has 304 valence electrons. The Morgan fingerprint density at radius 2 is 0.952 bits per heavy atom. The largest absolute Gasteiger partial charge is 0.507 e. The van der Waals surface area contributed by atoms with Gasteiger partial charge in [-0.2, -0.15) is 0 Å². The zero-order chi connectivity index (χ0) is 41.7. The van der Waals surface area contributed by atoms with Gasteiger partial charge < -0.3 is 14.6 Å². The summed E-state index contributed by atoms with van der Waals surface area (Å²) < 4.78 is 6.23. The normalized spacial score (nSPS) is 11.5. The Balaban J connectivity index is 0.00000490. The third-order valence-corrected chi connectivity index (χ3v) is 11.5. The zero-order valence-electron chi connectivity index (χ0n) is 34.4. The summed E-state index contributed by atoms with van der Waals surface area (Å²) in [5.41, 5.74) is 14.5. The van der Waals surface area contributed by atoms with Gasteiger partial charge in [0.2, 0.25) is 0 Å². The maximum absolute atomic E-state index is 11.6. The van der Waals surface area contributed by atoms with E-state index in [0.29, 0.717) is 39.5 Å². The van der Waals surface area contributed by atoms with Gasteiger partial charge in [-0.15, -0.1) is 0 Å². The zero-order valence-corrected chi connectivity index (χ0v) is 36.7. The smallest absolute Gasteiger partial charge is 0.136 e. The Hall–Kier alpha value is -7.07. The predicted octanol–water partition coefficient (Wildman–Crippen LogP) is 14.8. The molecule has 3 aromatic heterocycles. The van der Waals surface area contributed by atoms with Crippen LogP contribution in [0.5, 0.6) is 11.5 Å². The van der Waals surface area contributed by atoms with Crippen molar-refractivity contribution >= 4 is 21.9 Å². The number of furan rings is 1. The summed E-state index contributed by atoms with van der Waals surface area (Å²) in [6.07, 6.45) is 0. The number of hydrogen-bond donors (Lipinski definition) is 2. The number of para-hydroxylation sites is 1. The number of nitrogens with zero attached hydrogens (tertiary/aromatic N) is 2. The fourth-order valence-corrected chi connectivity index (χ4v) is 8.26. The molecule has 0 bridgehead atoms. The minimum atomic E-state index is -0.0965. The molecule has 10 rings (SSSR count). The number of phenols is 2. The monoisotopic (exact) mass is 985 g/mol. The summed E-state index contributed by atoms with van der Waals surface area (Å²) in [5.74, 6) is 0.226. The van der Waals surface area contributed by atoms with Crippen LogP contribution in [0.4, 0.5) is 0 Å². The molecular formula is C56H42N2O3Pt. The van der Waals surface area contributed by atoms with Gasteiger partial charge in [0.05, 0.1) is 22.8 Å². The van der Waals surface area contributed by atoms with Crippen LogP contribution < -0.4 is 0 Å². The number of benzene rings is 7. The van der Waals surface area contributed by atoms with E-state index in [0.717, 1.165) is 60.9 Å². The molecule has 0 saturated carbocycles. The number of fused-ring (bicyclic) bond motifs is 3. The van der Waals surface area contributed by atoms with Crippen LogP contribution in [0.15, 0.2) is 192 Å². The Kier molecular flexibility index (Phi) is 10.7. The third-order valence-electron chi connectivity index (χ3n) is 11.5. The van der Waals surface area contributed by atoms with Gasteiger partial charge in [0.15, 0.2) is 0 Å². The van der Waals surface area contributed by atoms with Crippen LogP contribution in [-0.4, -0.2) is 20.2 Å². The van der Waals surface area contributed by atoms with Crippen molar-refractivity contribution in [1.82, 2.24) is 9.97 Å². The number of aromatic nitrogens is 2. The van der Waals surface area contributed by atoms with E-state index in [-0.39, 0.29) is 38.0 Å². The summed E-state index contributed by atoms with van der Waals surface area (Å²) in [4.78, 5) is 10.3. The molecular weight excluding hydrogens is 944 g/mol. The van der Waals surface area contributed by atoms with E-state index >= 15 is 0 Å². The van der Waals surface area contributed by atoms with E-state index in [1.165, 1.54) is 5.56 Å². The molecule has 10 aromatic rings. The Bertz CT molecular complexity index is 3180. The molecule has 0 aliphatic rings. The van der Waals surface area contributed by atoms with Crippen molar-refractivity contribution in [2.45, 2.75) is 26.2 Å². The van der Waals surface area contributed by atoms with Crippen molar-refractivity contribution in [3.8, 4) is 89.9 Å². The predicted molar refractivity (Wildman–Crippen MR) is 249 cm³/mol. The Morgan fingerprint density at radius 1 is 0.387 bits per heavy atom. The van der Waals surface area contributed by atoms with Gasteiger partial charge >= 0.3 is 0 Å². The molecule has 0 unspecified atom stereocenters. The van der Waals surface area contributed by atoms with Crippen LogP contribution in [-0.2, 0) is 26.5 Å². The SMILES string of the molecule is CC(C)(C)c1cc(-c2ccccc2)c(-c2ccc(O)c(-c3cccc(-c4cc(-c5ccccc5)cc(-c5cc6oc7ccccc7c6cc5O)n4)n3)c2)c(-c2ccccc2)c1.[Pt]. The molecule has 0 spiro atoms. The molecule has 5 nitrogen and oxygen atoms in total. The molecule has 0 aliphatic carbocycles. The average Bonchev–Trinajstić information content (AvgIpc) is 3.66. The van der Waals surface area contributed by atoms with Gasteiger partial charge in [0, 0.05) is 43.0 Å². The first kappa shape index (κ1) is 40.3. The van der Waals surface area contributed by atoms with E-state index in [9.17, 15) is 10.2 Å². The van der Waals surface area contributed by atoms with E-state index < -0.39 is 0 Å². The number of hydrogen-bond acceptors (Lipinski definition) is 5. The number of phenolic OH excluding ortho intramolecular Hbond substituents is 2. The van der Waals surface area contributed by atoms with Gasteiger partial charge in [0.25, 0.3) is 0 Å². The van der Waals surface area contributed by atoms with Crippen molar-refractivity contribution in [3.63, 3.8) is 0 Å². The van der Waals surface area contributed by atoms with Crippen LogP contribution in [0.3, 0.4) is 0 Å². The quantitative estimate of drug-likeness (QED) is 0.166. The minimum absolute atomic E-state index is 0. The van der Waals surface area contributed by atoms with Crippen molar-refractivity contribution in [2.24, 2.45) is 0 Å². The molecule has 0 saturated heterocycles. The van der Waals surface area contributed by atoms with Crippen LogP contribution in [0.2, 0.25) is 0 Å². The molecule has 0 fully saturated rings. The molecule has 0 amide bonds. The van der Waals surface area contributed by atoms with E-state index in [1.54, 1.807) is 12.1 Å². The van der Waals surface area contributed by atoms with Gasteiger partial charge in [-0.3, -0.25) is 0 Å². The molecule has 0 aliphatic heterocycles. The molecule has 3 heterocycles. The number of rotatable bonds is 7. The standard InChI is InChI=1S/C56H42N2O3.Pt/c1-56(2,3)40-31-42(36-18-9-5-10-19-36)55(43(32-40)37-20-11-6-12-21-37)38-26-27-51(59)45(28-38)47-23-15-24-48(57-47)50-30-39(35-16-7-4-8-17-35)29-49(58-50)46-34-54-44(33-52(46)60)41-22-13-14-25-53(41)61-54;/h4-34,59-60H,1-3H3;. The second kappa shape index (κ2) is 16.4. The van der Waals surface area contributed by atoms with Crippen molar-refractivity contribution in [1.29, 1.82) is 0 Å². The Morgan fingerprint density at radius 3 is 1.61 bits per heavy atom. The third kappa shape index (κ3) is 7.61. The van der Waals surface area contributed by atoms with Crippen molar-refractivity contribution in [2.75, 3.05) is 0 Å². The van der Waals surface area contributed by atoms with E-state index in [2.05, 4.69) is 93.6 Å². The topological polar surface area (TPSA) is 79.4 Å². The molecule has 0 radical (unpaired) electrons.